The number of hydrogen-bond donors (Lipinski definition) is 0. The first-order valence-corrected chi connectivity index (χ1v) is 8.17. The second kappa shape index (κ2) is 5.52. The molecule has 0 amide bonds. The van der Waals surface area contributed by atoms with Crippen LogP contribution in [0, 0.1) is 13.8 Å². The molecule has 1 aromatic carbocycles. The summed E-state index contributed by atoms with van der Waals surface area (Å²) >= 11 is 0. The monoisotopic (exact) mass is 308 g/mol. The van der Waals surface area contributed by atoms with Gasteiger partial charge in [0, 0.05) is 6.20 Å². The molecule has 0 bridgehead atoms. The zero-order valence-corrected chi connectivity index (χ0v) is 13.7. The molecular formula is C15H20N2O3S. The first-order valence-electron chi connectivity index (χ1n) is 6.73. The van der Waals surface area contributed by atoms with Crippen LogP contribution in [0.4, 0.5) is 0 Å². The van der Waals surface area contributed by atoms with Crippen LogP contribution in [0.5, 0.6) is 5.75 Å². The largest absolute Gasteiger partial charge is 0.496 e. The second-order valence-corrected chi connectivity index (χ2v) is 7.11. The summed E-state index contributed by atoms with van der Waals surface area (Å²) in [5.41, 5.74) is 2.17. The molecule has 5 nitrogen and oxygen atoms in total. The molecule has 0 saturated heterocycles. The van der Waals surface area contributed by atoms with Crippen molar-refractivity contribution in [3.05, 3.63) is 41.2 Å². The fraction of sp³-hybridized carbons (Fsp3) is 0.400. The van der Waals surface area contributed by atoms with Crippen molar-refractivity contribution in [3.63, 3.8) is 0 Å². The molecule has 0 saturated carbocycles. The molecule has 114 valence electrons. The summed E-state index contributed by atoms with van der Waals surface area (Å²) in [5.74, 6) is 0.868. The molecule has 2 aromatic rings. The molecule has 0 radical (unpaired) electrons. The SMILES string of the molecule is COc1cc(C)c(S(=O)(=O)n2ccc(C)n2)cc1C(C)C. The predicted molar refractivity (Wildman–Crippen MR) is 81.4 cm³/mol. The molecule has 0 spiro atoms. The zero-order chi connectivity index (χ0) is 15.8. The lowest BCUT2D eigenvalue weighted by Gasteiger charge is -2.16. The Morgan fingerprint density at radius 1 is 1.24 bits per heavy atom. The minimum atomic E-state index is -3.68. The summed E-state index contributed by atoms with van der Waals surface area (Å²) in [7, 11) is -2.09. The van der Waals surface area contributed by atoms with Crippen molar-refractivity contribution >= 4 is 10.0 Å². The first-order chi connectivity index (χ1) is 9.77. The number of benzene rings is 1. The van der Waals surface area contributed by atoms with Crippen LogP contribution in [0.15, 0.2) is 29.3 Å². The third-order valence-electron chi connectivity index (χ3n) is 3.37. The number of hydrogen-bond acceptors (Lipinski definition) is 4. The quantitative estimate of drug-likeness (QED) is 0.871. The summed E-state index contributed by atoms with van der Waals surface area (Å²) in [6.07, 6.45) is 1.46. The van der Waals surface area contributed by atoms with Crippen LogP contribution in [0.2, 0.25) is 0 Å². The van der Waals surface area contributed by atoms with Gasteiger partial charge in [0.1, 0.15) is 5.75 Å². The highest BCUT2D eigenvalue weighted by molar-refractivity contribution is 7.89. The van der Waals surface area contributed by atoms with Crippen molar-refractivity contribution < 1.29 is 13.2 Å². The summed E-state index contributed by atoms with van der Waals surface area (Å²) in [6, 6.07) is 5.11. The minimum absolute atomic E-state index is 0.161. The van der Waals surface area contributed by atoms with Crippen LogP contribution in [0.3, 0.4) is 0 Å². The van der Waals surface area contributed by atoms with Gasteiger partial charge in [0.15, 0.2) is 0 Å². The molecule has 0 atom stereocenters. The Bertz CT molecular complexity index is 761. The summed E-state index contributed by atoms with van der Waals surface area (Å²) in [6.45, 7) is 7.52. The van der Waals surface area contributed by atoms with Gasteiger partial charge >= 0.3 is 0 Å². The molecule has 0 unspecified atom stereocenters. The van der Waals surface area contributed by atoms with Crippen molar-refractivity contribution in [2.24, 2.45) is 0 Å². The third kappa shape index (κ3) is 2.81. The average molecular weight is 308 g/mol. The van der Waals surface area contributed by atoms with Gasteiger partial charge in [-0.15, -0.1) is 0 Å². The molecule has 0 aliphatic carbocycles. The molecule has 1 heterocycles. The Balaban J connectivity index is 2.66. The van der Waals surface area contributed by atoms with Crippen LogP contribution in [0.1, 0.15) is 36.6 Å². The van der Waals surface area contributed by atoms with E-state index in [-0.39, 0.29) is 10.8 Å². The standard InChI is InChI=1S/C15H20N2O3S/c1-10(2)13-9-15(11(3)8-14(13)20-5)21(18,19)17-7-6-12(4)16-17/h6-10H,1-5H3. The lowest BCUT2D eigenvalue weighted by Crippen LogP contribution is -2.16. The first kappa shape index (κ1) is 15.6. The van der Waals surface area contributed by atoms with Gasteiger partial charge in [0.25, 0.3) is 10.0 Å². The third-order valence-corrected chi connectivity index (χ3v) is 5.06. The Morgan fingerprint density at radius 3 is 2.38 bits per heavy atom. The number of methoxy groups -OCH3 is 1. The average Bonchev–Trinajstić information content (AvgIpc) is 2.85. The topological polar surface area (TPSA) is 61.2 Å². The van der Waals surface area contributed by atoms with E-state index >= 15 is 0 Å². The fourth-order valence-electron chi connectivity index (χ4n) is 2.21. The van der Waals surface area contributed by atoms with Gasteiger partial charge in [0.2, 0.25) is 0 Å². The number of rotatable bonds is 4. The van der Waals surface area contributed by atoms with E-state index in [1.54, 1.807) is 39.2 Å². The number of ether oxygens (including phenoxy) is 1. The normalized spacial score (nSPS) is 11.9. The molecule has 0 fully saturated rings. The number of aryl methyl sites for hydroxylation is 2. The van der Waals surface area contributed by atoms with Crippen molar-refractivity contribution in [1.29, 1.82) is 0 Å². The van der Waals surface area contributed by atoms with Gasteiger partial charge in [-0.3, -0.25) is 0 Å². The van der Waals surface area contributed by atoms with Gasteiger partial charge in [-0.05, 0) is 49.1 Å². The maximum Gasteiger partial charge on any atom is 0.283 e. The fourth-order valence-corrected chi connectivity index (χ4v) is 3.61. The van der Waals surface area contributed by atoms with Crippen LogP contribution in [-0.4, -0.2) is 24.7 Å². The Kier molecular flexibility index (Phi) is 4.09. The van der Waals surface area contributed by atoms with E-state index in [0.29, 0.717) is 17.0 Å². The van der Waals surface area contributed by atoms with E-state index < -0.39 is 10.0 Å². The van der Waals surface area contributed by atoms with Crippen LogP contribution >= 0.6 is 0 Å². The van der Waals surface area contributed by atoms with Gasteiger partial charge in [-0.25, -0.2) is 0 Å². The zero-order valence-electron chi connectivity index (χ0n) is 12.9. The van der Waals surface area contributed by atoms with Crippen molar-refractivity contribution in [2.75, 3.05) is 7.11 Å². The molecule has 6 heteroatoms. The van der Waals surface area contributed by atoms with E-state index in [0.717, 1.165) is 9.65 Å². The Hall–Kier alpha value is -1.82. The van der Waals surface area contributed by atoms with Crippen LogP contribution in [-0.2, 0) is 10.0 Å². The van der Waals surface area contributed by atoms with E-state index in [9.17, 15) is 8.42 Å². The summed E-state index contributed by atoms with van der Waals surface area (Å²) in [5, 5.41) is 4.01. The number of nitrogens with zero attached hydrogens (tertiary/aromatic N) is 2. The maximum atomic E-state index is 12.7. The van der Waals surface area contributed by atoms with E-state index in [2.05, 4.69) is 5.10 Å². The molecule has 1 aromatic heterocycles. The van der Waals surface area contributed by atoms with Crippen molar-refractivity contribution in [2.45, 2.75) is 38.5 Å². The smallest absolute Gasteiger partial charge is 0.283 e. The van der Waals surface area contributed by atoms with E-state index in [1.165, 1.54) is 6.20 Å². The molecular weight excluding hydrogens is 288 g/mol. The maximum absolute atomic E-state index is 12.7. The highest BCUT2D eigenvalue weighted by Gasteiger charge is 2.23. The molecule has 2 rings (SSSR count). The highest BCUT2D eigenvalue weighted by atomic mass is 32.2. The predicted octanol–water partition coefficient (Wildman–Crippen LogP) is 2.87. The molecule has 0 aliphatic heterocycles. The second-order valence-electron chi connectivity index (χ2n) is 5.35. The van der Waals surface area contributed by atoms with Crippen LogP contribution < -0.4 is 4.74 Å². The summed E-state index contributed by atoms with van der Waals surface area (Å²) in [4.78, 5) is 0.259. The van der Waals surface area contributed by atoms with Gasteiger partial charge in [-0.2, -0.15) is 17.6 Å². The Morgan fingerprint density at radius 2 is 1.90 bits per heavy atom. The van der Waals surface area contributed by atoms with Crippen LogP contribution in [0.25, 0.3) is 0 Å². The van der Waals surface area contributed by atoms with E-state index in [4.69, 9.17) is 4.74 Å². The van der Waals surface area contributed by atoms with Gasteiger partial charge in [-0.1, -0.05) is 13.8 Å². The van der Waals surface area contributed by atoms with Gasteiger partial charge < -0.3 is 4.74 Å². The van der Waals surface area contributed by atoms with Crippen molar-refractivity contribution in [1.82, 2.24) is 9.19 Å². The van der Waals surface area contributed by atoms with E-state index in [1.807, 2.05) is 13.8 Å². The molecule has 0 aliphatic rings. The lowest BCUT2D eigenvalue weighted by molar-refractivity contribution is 0.406. The van der Waals surface area contributed by atoms with Crippen molar-refractivity contribution in [3.8, 4) is 5.75 Å². The summed E-state index contributed by atoms with van der Waals surface area (Å²) < 4.78 is 31.8. The highest BCUT2D eigenvalue weighted by Crippen LogP contribution is 2.32. The van der Waals surface area contributed by atoms with Gasteiger partial charge in [0.05, 0.1) is 17.7 Å². The molecule has 21 heavy (non-hydrogen) atoms. The Labute approximate surface area is 125 Å². The molecule has 0 N–H and O–H groups in total. The minimum Gasteiger partial charge on any atom is -0.496 e. The number of aromatic nitrogens is 2. The lowest BCUT2D eigenvalue weighted by atomic mass is 10.0.